The Balaban J connectivity index is 1.39. The van der Waals surface area contributed by atoms with Crippen LogP contribution in [0.5, 0.6) is 5.75 Å². The highest BCUT2D eigenvalue weighted by atomic mass is 16.5. The molecular formula is C17H26N2O2. The summed E-state index contributed by atoms with van der Waals surface area (Å²) in [6, 6.07) is 9.18. The topological polar surface area (TPSA) is 33.7 Å². The minimum absolute atomic E-state index is 0.404. The second-order valence-corrected chi connectivity index (χ2v) is 6.10. The Morgan fingerprint density at radius 1 is 1.29 bits per heavy atom. The molecule has 1 unspecified atom stereocenters. The first-order valence-corrected chi connectivity index (χ1v) is 8.04. The molecular weight excluding hydrogens is 264 g/mol. The van der Waals surface area contributed by atoms with E-state index in [2.05, 4.69) is 28.4 Å². The summed E-state index contributed by atoms with van der Waals surface area (Å²) >= 11 is 0. The largest absolute Gasteiger partial charge is 0.492 e. The molecule has 0 aromatic heterocycles. The molecule has 1 saturated heterocycles. The lowest BCUT2D eigenvalue weighted by atomic mass is 10.2. The van der Waals surface area contributed by atoms with Gasteiger partial charge in [-0.1, -0.05) is 12.1 Å². The number of benzene rings is 1. The molecule has 0 amide bonds. The molecule has 21 heavy (non-hydrogen) atoms. The molecule has 0 spiro atoms. The summed E-state index contributed by atoms with van der Waals surface area (Å²) in [5.74, 6) is 0.979. The zero-order chi connectivity index (χ0) is 14.5. The number of rotatable bonds is 8. The van der Waals surface area contributed by atoms with E-state index in [9.17, 15) is 0 Å². The summed E-state index contributed by atoms with van der Waals surface area (Å²) in [4.78, 5) is 2.41. The van der Waals surface area contributed by atoms with E-state index in [1.165, 1.54) is 18.4 Å². The maximum absolute atomic E-state index is 5.89. The van der Waals surface area contributed by atoms with E-state index >= 15 is 0 Å². The Bertz CT molecular complexity index is 448. The maximum Gasteiger partial charge on any atom is 0.119 e. The van der Waals surface area contributed by atoms with E-state index in [1.54, 1.807) is 7.11 Å². The summed E-state index contributed by atoms with van der Waals surface area (Å²) in [7, 11) is 1.80. The third kappa shape index (κ3) is 4.70. The Kier molecular flexibility index (Phi) is 5.12. The fraction of sp³-hybridized carbons (Fsp3) is 0.647. The standard InChI is InChI=1S/C17H26N2O2/c1-20-17-7-8-19(13-17)9-10-21-16-4-2-3-14(11-16)12-18-15-5-6-15/h2-4,11,15,17-18H,5-10,12-13H2,1H3. The van der Waals surface area contributed by atoms with Crippen molar-refractivity contribution in [2.45, 2.75) is 38.0 Å². The van der Waals surface area contributed by atoms with Crippen LogP contribution < -0.4 is 10.1 Å². The van der Waals surface area contributed by atoms with Gasteiger partial charge in [-0.25, -0.2) is 0 Å². The number of hydrogen-bond donors (Lipinski definition) is 1. The van der Waals surface area contributed by atoms with Gasteiger partial charge in [-0.05, 0) is 37.0 Å². The Hall–Kier alpha value is -1.10. The molecule has 1 aromatic rings. The minimum Gasteiger partial charge on any atom is -0.492 e. The van der Waals surface area contributed by atoms with Crippen molar-refractivity contribution in [2.24, 2.45) is 0 Å². The highest BCUT2D eigenvalue weighted by Crippen LogP contribution is 2.20. The van der Waals surface area contributed by atoms with Crippen molar-refractivity contribution in [2.75, 3.05) is 33.4 Å². The molecule has 4 nitrogen and oxygen atoms in total. The number of nitrogens with zero attached hydrogens (tertiary/aromatic N) is 1. The van der Waals surface area contributed by atoms with Crippen molar-refractivity contribution >= 4 is 0 Å². The van der Waals surface area contributed by atoms with Crippen LogP contribution in [0.4, 0.5) is 0 Å². The first-order valence-electron chi connectivity index (χ1n) is 8.04. The third-order valence-corrected chi connectivity index (χ3v) is 4.31. The summed E-state index contributed by atoms with van der Waals surface area (Å²) < 4.78 is 11.3. The fourth-order valence-electron chi connectivity index (χ4n) is 2.78. The number of hydrogen-bond acceptors (Lipinski definition) is 4. The first kappa shape index (κ1) is 14.8. The van der Waals surface area contributed by atoms with Gasteiger partial charge in [0, 0.05) is 39.3 Å². The molecule has 2 fully saturated rings. The molecule has 1 atom stereocenters. The van der Waals surface area contributed by atoms with Crippen LogP contribution in [-0.2, 0) is 11.3 Å². The van der Waals surface area contributed by atoms with Gasteiger partial charge >= 0.3 is 0 Å². The lowest BCUT2D eigenvalue weighted by Crippen LogP contribution is -2.27. The number of methoxy groups -OCH3 is 1. The molecule has 116 valence electrons. The molecule has 1 aliphatic heterocycles. The molecule has 4 heteroatoms. The summed E-state index contributed by atoms with van der Waals surface area (Å²) in [5.41, 5.74) is 1.31. The van der Waals surface area contributed by atoms with E-state index in [4.69, 9.17) is 9.47 Å². The smallest absolute Gasteiger partial charge is 0.119 e. The molecule has 1 aliphatic carbocycles. The predicted molar refractivity (Wildman–Crippen MR) is 83.7 cm³/mol. The van der Waals surface area contributed by atoms with Crippen molar-refractivity contribution < 1.29 is 9.47 Å². The maximum atomic E-state index is 5.89. The van der Waals surface area contributed by atoms with Gasteiger partial charge in [0.2, 0.25) is 0 Å². The number of likely N-dealkylation sites (tertiary alicyclic amines) is 1. The van der Waals surface area contributed by atoms with Crippen LogP contribution in [0.3, 0.4) is 0 Å². The van der Waals surface area contributed by atoms with Crippen LogP contribution in [0.2, 0.25) is 0 Å². The third-order valence-electron chi connectivity index (χ3n) is 4.31. The van der Waals surface area contributed by atoms with Gasteiger partial charge in [-0.15, -0.1) is 0 Å². The Morgan fingerprint density at radius 2 is 2.19 bits per heavy atom. The van der Waals surface area contributed by atoms with E-state index in [-0.39, 0.29) is 0 Å². The highest BCUT2D eigenvalue weighted by molar-refractivity contribution is 5.28. The monoisotopic (exact) mass is 290 g/mol. The van der Waals surface area contributed by atoms with Gasteiger partial charge in [0.25, 0.3) is 0 Å². The van der Waals surface area contributed by atoms with Crippen molar-refractivity contribution in [1.82, 2.24) is 10.2 Å². The summed E-state index contributed by atoms with van der Waals surface area (Å²) in [6.45, 7) is 4.82. The quantitative estimate of drug-likeness (QED) is 0.794. The van der Waals surface area contributed by atoms with Gasteiger partial charge < -0.3 is 14.8 Å². The molecule has 0 radical (unpaired) electrons. The van der Waals surface area contributed by atoms with Crippen molar-refractivity contribution in [3.8, 4) is 5.75 Å². The van der Waals surface area contributed by atoms with E-state index < -0.39 is 0 Å². The lowest BCUT2D eigenvalue weighted by molar-refractivity contribution is 0.106. The second kappa shape index (κ2) is 7.25. The van der Waals surface area contributed by atoms with E-state index in [0.29, 0.717) is 6.10 Å². The van der Waals surface area contributed by atoms with Gasteiger partial charge in [0.1, 0.15) is 12.4 Å². The van der Waals surface area contributed by atoms with Crippen LogP contribution in [0.15, 0.2) is 24.3 Å². The molecule has 1 saturated carbocycles. The van der Waals surface area contributed by atoms with Crippen LogP contribution in [0.25, 0.3) is 0 Å². The van der Waals surface area contributed by atoms with Crippen molar-refractivity contribution in [3.63, 3.8) is 0 Å². The Morgan fingerprint density at radius 3 is 2.95 bits per heavy atom. The van der Waals surface area contributed by atoms with Crippen LogP contribution in [-0.4, -0.2) is 50.4 Å². The lowest BCUT2D eigenvalue weighted by Gasteiger charge is -2.16. The van der Waals surface area contributed by atoms with Crippen molar-refractivity contribution in [1.29, 1.82) is 0 Å². The van der Waals surface area contributed by atoms with Crippen LogP contribution in [0.1, 0.15) is 24.8 Å². The minimum atomic E-state index is 0.404. The fourth-order valence-corrected chi connectivity index (χ4v) is 2.78. The van der Waals surface area contributed by atoms with Gasteiger partial charge in [0.05, 0.1) is 6.10 Å². The number of ether oxygens (including phenoxy) is 2. The summed E-state index contributed by atoms with van der Waals surface area (Å²) in [6.07, 6.45) is 4.20. The highest BCUT2D eigenvalue weighted by Gasteiger charge is 2.21. The van der Waals surface area contributed by atoms with Crippen molar-refractivity contribution in [3.05, 3.63) is 29.8 Å². The predicted octanol–water partition coefficient (Wildman–Crippen LogP) is 2.04. The molecule has 1 heterocycles. The molecule has 1 N–H and O–H groups in total. The SMILES string of the molecule is COC1CCN(CCOc2cccc(CNC3CC3)c2)C1. The van der Waals surface area contributed by atoms with E-state index in [1.807, 2.05) is 6.07 Å². The first-order chi connectivity index (χ1) is 10.3. The zero-order valence-corrected chi connectivity index (χ0v) is 12.9. The van der Waals surface area contributed by atoms with Gasteiger partial charge in [0.15, 0.2) is 0 Å². The second-order valence-electron chi connectivity index (χ2n) is 6.10. The van der Waals surface area contributed by atoms with Crippen LogP contribution >= 0.6 is 0 Å². The van der Waals surface area contributed by atoms with E-state index in [0.717, 1.165) is 51.0 Å². The number of nitrogens with one attached hydrogen (secondary N) is 1. The van der Waals surface area contributed by atoms with Gasteiger partial charge in [-0.3, -0.25) is 4.90 Å². The van der Waals surface area contributed by atoms with Gasteiger partial charge in [-0.2, -0.15) is 0 Å². The molecule has 3 rings (SSSR count). The normalized spacial score (nSPS) is 22.6. The molecule has 1 aromatic carbocycles. The molecule has 0 bridgehead atoms. The van der Waals surface area contributed by atoms with Crippen LogP contribution in [0, 0.1) is 0 Å². The zero-order valence-electron chi connectivity index (χ0n) is 12.9. The summed E-state index contributed by atoms with van der Waals surface area (Å²) in [5, 5.41) is 3.53. The average Bonchev–Trinajstić information content (AvgIpc) is 3.23. The average molecular weight is 290 g/mol. The molecule has 2 aliphatic rings. The Labute approximate surface area is 127 Å².